The van der Waals surface area contributed by atoms with Crippen LogP contribution in [0, 0.1) is 6.92 Å². The largest absolute Gasteiger partial charge is 0.391 e. The minimum Gasteiger partial charge on any atom is -0.391 e. The molecule has 21 heavy (non-hydrogen) atoms. The maximum atomic E-state index is 9.71. The molecule has 0 radical (unpaired) electrons. The van der Waals surface area contributed by atoms with Crippen molar-refractivity contribution < 1.29 is 9.84 Å². The summed E-state index contributed by atoms with van der Waals surface area (Å²) in [5.74, 6) is 1.31. The molecule has 3 rings (SSSR count). The van der Waals surface area contributed by atoms with Crippen LogP contribution in [0.2, 0.25) is 0 Å². The number of piperidine rings is 1. The first kappa shape index (κ1) is 14.5. The number of rotatable bonds is 2. The Labute approximate surface area is 125 Å². The van der Waals surface area contributed by atoms with Gasteiger partial charge in [0.2, 0.25) is 5.95 Å². The lowest BCUT2D eigenvalue weighted by Gasteiger charge is -2.39. The molecule has 6 heteroatoms. The molecule has 0 aromatic carbocycles. The van der Waals surface area contributed by atoms with Gasteiger partial charge in [0.1, 0.15) is 5.82 Å². The molecular weight excluding hydrogens is 268 g/mol. The van der Waals surface area contributed by atoms with Crippen molar-refractivity contribution >= 4 is 11.8 Å². The smallest absolute Gasteiger partial charge is 0.222 e. The third-order valence-corrected chi connectivity index (χ3v) is 4.73. The molecule has 2 fully saturated rings. The number of nitrogen functional groups attached to an aromatic ring is 1. The standard InChI is InChI=1S/C15H24N4O2/c1-3-12-10(2)17-14(16)18-13(12)19-6-4-15(5-7-19)8-11(20)9-21-15/h11,20H,3-9H2,1-2H3,(H2,16,17,18). The molecule has 2 aliphatic rings. The SMILES string of the molecule is CCc1c(C)nc(N)nc1N1CCC2(CC1)CC(O)CO2. The predicted molar refractivity (Wildman–Crippen MR) is 81.3 cm³/mol. The van der Waals surface area contributed by atoms with Crippen LogP contribution in [-0.4, -0.2) is 46.5 Å². The fourth-order valence-corrected chi connectivity index (χ4v) is 3.57. The first-order chi connectivity index (χ1) is 10.0. The van der Waals surface area contributed by atoms with Crippen molar-refractivity contribution in [1.29, 1.82) is 0 Å². The van der Waals surface area contributed by atoms with Crippen LogP contribution >= 0.6 is 0 Å². The van der Waals surface area contributed by atoms with E-state index in [1.54, 1.807) is 0 Å². The molecule has 2 saturated heterocycles. The van der Waals surface area contributed by atoms with Gasteiger partial charge in [-0.25, -0.2) is 4.98 Å². The fraction of sp³-hybridized carbons (Fsp3) is 0.733. The molecular formula is C15H24N4O2. The minimum absolute atomic E-state index is 0.129. The van der Waals surface area contributed by atoms with Crippen molar-refractivity contribution in [2.75, 3.05) is 30.3 Å². The number of aryl methyl sites for hydroxylation is 1. The Morgan fingerprint density at radius 3 is 2.67 bits per heavy atom. The molecule has 1 unspecified atom stereocenters. The second-order valence-electron chi connectivity index (χ2n) is 6.16. The summed E-state index contributed by atoms with van der Waals surface area (Å²) in [5.41, 5.74) is 7.83. The molecule has 116 valence electrons. The van der Waals surface area contributed by atoms with Gasteiger partial charge in [0.15, 0.2) is 0 Å². The van der Waals surface area contributed by atoms with E-state index in [4.69, 9.17) is 10.5 Å². The van der Waals surface area contributed by atoms with E-state index in [9.17, 15) is 5.11 Å². The van der Waals surface area contributed by atoms with Crippen molar-refractivity contribution in [3.63, 3.8) is 0 Å². The normalized spacial score (nSPS) is 24.7. The molecule has 1 spiro atoms. The van der Waals surface area contributed by atoms with E-state index in [0.717, 1.165) is 50.3 Å². The molecule has 3 heterocycles. The Morgan fingerprint density at radius 2 is 2.10 bits per heavy atom. The van der Waals surface area contributed by atoms with E-state index >= 15 is 0 Å². The first-order valence-electron chi connectivity index (χ1n) is 7.73. The number of anilines is 2. The van der Waals surface area contributed by atoms with E-state index in [0.29, 0.717) is 12.6 Å². The number of hydrogen-bond acceptors (Lipinski definition) is 6. The highest BCUT2D eigenvalue weighted by Crippen LogP contribution is 2.37. The Balaban J connectivity index is 1.78. The van der Waals surface area contributed by atoms with Crippen molar-refractivity contribution in [1.82, 2.24) is 9.97 Å². The van der Waals surface area contributed by atoms with E-state index in [1.807, 2.05) is 6.92 Å². The van der Waals surface area contributed by atoms with E-state index < -0.39 is 0 Å². The average Bonchev–Trinajstić information content (AvgIpc) is 2.80. The summed E-state index contributed by atoms with van der Waals surface area (Å²) in [4.78, 5) is 11.0. The van der Waals surface area contributed by atoms with Crippen LogP contribution in [0.25, 0.3) is 0 Å². The van der Waals surface area contributed by atoms with Gasteiger partial charge in [0.25, 0.3) is 0 Å². The van der Waals surface area contributed by atoms with Gasteiger partial charge < -0.3 is 20.5 Å². The van der Waals surface area contributed by atoms with Gasteiger partial charge in [-0.15, -0.1) is 0 Å². The lowest BCUT2D eigenvalue weighted by atomic mass is 9.88. The zero-order chi connectivity index (χ0) is 15.0. The van der Waals surface area contributed by atoms with Gasteiger partial charge in [-0.1, -0.05) is 6.92 Å². The first-order valence-corrected chi connectivity index (χ1v) is 7.73. The number of nitrogens with two attached hydrogens (primary N) is 1. The molecule has 2 aliphatic heterocycles. The highest BCUT2D eigenvalue weighted by molar-refractivity contribution is 5.52. The van der Waals surface area contributed by atoms with Gasteiger partial charge >= 0.3 is 0 Å². The van der Waals surface area contributed by atoms with Crippen LogP contribution in [0.1, 0.15) is 37.4 Å². The molecule has 0 saturated carbocycles. The summed E-state index contributed by atoms with van der Waals surface area (Å²) in [6, 6.07) is 0. The summed E-state index contributed by atoms with van der Waals surface area (Å²) >= 11 is 0. The summed E-state index contributed by atoms with van der Waals surface area (Å²) in [5, 5.41) is 9.71. The summed E-state index contributed by atoms with van der Waals surface area (Å²) in [6.45, 7) is 6.35. The van der Waals surface area contributed by atoms with Gasteiger partial charge in [-0.2, -0.15) is 4.98 Å². The van der Waals surface area contributed by atoms with Crippen molar-refractivity contribution in [2.24, 2.45) is 0 Å². The molecule has 1 aromatic heterocycles. The van der Waals surface area contributed by atoms with E-state index in [1.165, 1.54) is 5.56 Å². The summed E-state index contributed by atoms with van der Waals surface area (Å²) in [6.07, 6.45) is 3.21. The fourth-order valence-electron chi connectivity index (χ4n) is 3.57. The highest BCUT2D eigenvalue weighted by Gasteiger charge is 2.42. The van der Waals surface area contributed by atoms with Crippen molar-refractivity contribution in [2.45, 2.75) is 51.2 Å². The highest BCUT2D eigenvalue weighted by atomic mass is 16.5. The minimum atomic E-state index is -0.306. The average molecular weight is 292 g/mol. The van der Waals surface area contributed by atoms with Crippen LogP contribution in [-0.2, 0) is 11.2 Å². The van der Waals surface area contributed by atoms with Gasteiger partial charge in [-0.05, 0) is 26.2 Å². The van der Waals surface area contributed by atoms with Crippen LogP contribution in [0.5, 0.6) is 0 Å². The van der Waals surface area contributed by atoms with Crippen LogP contribution < -0.4 is 10.6 Å². The Hall–Kier alpha value is -1.40. The molecule has 1 atom stereocenters. The number of nitrogens with zero attached hydrogens (tertiary/aromatic N) is 3. The van der Waals surface area contributed by atoms with E-state index in [2.05, 4.69) is 21.8 Å². The number of aromatic nitrogens is 2. The molecule has 0 bridgehead atoms. The number of aliphatic hydroxyl groups excluding tert-OH is 1. The second-order valence-corrected chi connectivity index (χ2v) is 6.16. The molecule has 6 nitrogen and oxygen atoms in total. The van der Waals surface area contributed by atoms with Crippen LogP contribution in [0.4, 0.5) is 11.8 Å². The summed E-state index contributed by atoms with van der Waals surface area (Å²) < 4.78 is 5.85. The van der Waals surface area contributed by atoms with Gasteiger partial charge in [0.05, 0.1) is 18.3 Å². The quantitative estimate of drug-likeness (QED) is 0.847. The monoisotopic (exact) mass is 292 g/mol. The maximum Gasteiger partial charge on any atom is 0.222 e. The lowest BCUT2D eigenvalue weighted by Crippen LogP contribution is -2.45. The van der Waals surface area contributed by atoms with Gasteiger partial charge in [0, 0.05) is 30.8 Å². The molecule has 1 aromatic rings. The molecule has 3 N–H and O–H groups in total. The molecule has 0 amide bonds. The van der Waals surface area contributed by atoms with Crippen molar-refractivity contribution in [3.05, 3.63) is 11.3 Å². The van der Waals surface area contributed by atoms with Crippen LogP contribution in [0.3, 0.4) is 0 Å². The van der Waals surface area contributed by atoms with Crippen molar-refractivity contribution in [3.8, 4) is 0 Å². The second kappa shape index (κ2) is 5.42. The zero-order valence-electron chi connectivity index (χ0n) is 12.8. The summed E-state index contributed by atoms with van der Waals surface area (Å²) in [7, 11) is 0. The topological polar surface area (TPSA) is 84.5 Å². The van der Waals surface area contributed by atoms with Crippen LogP contribution in [0.15, 0.2) is 0 Å². The Kier molecular flexibility index (Phi) is 3.75. The third-order valence-electron chi connectivity index (χ3n) is 4.73. The zero-order valence-corrected chi connectivity index (χ0v) is 12.8. The Bertz CT molecular complexity index is 527. The van der Waals surface area contributed by atoms with E-state index in [-0.39, 0.29) is 11.7 Å². The predicted octanol–water partition coefficient (Wildman–Crippen LogP) is 1.05. The number of ether oxygens (including phenoxy) is 1. The third kappa shape index (κ3) is 2.70. The van der Waals surface area contributed by atoms with Gasteiger partial charge in [-0.3, -0.25) is 0 Å². The number of aliphatic hydroxyl groups is 1. The molecule has 0 aliphatic carbocycles. The number of hydrogen-bond donors (Lipinski definition) is 2. The maximum absolute atomic E-state index is 9.71. The Morgan fingerprint density at radius 1 is 1.38 bits per heavy atom. The lowest BCUT2D eigenvalue weighted by molar-refractivity contribution is -0.0167.